The fraction of sp³-hybridized carbons (Fsp3) is 0.417. The Kier molecular flexibility index (Phi) is 5.25. The van der Waals surface area contributed by atoms with Crippen LogP contribution in [0.1, 0.15) is 30.1 Å². The molecular formula is C12H16ClNO3. The van der Waals surface area contributed by atoms with Gasteiger partial charge < -0.3 is 15.5 Å². The zero-order chi connectivity index (χ0) is 12.8. The molecule has 94 valence electrons. The van der Waals surface area contributed by atoms with Gasteiger partial charge in [0.1, 0.15) is 0 Å². The molecule has 0 spiro atoms. The number of carboxylic acid groups (broad SMARTS) is 1. The van der Waals surface area contributed by atoms with Gasteiger partial charge in [-0.05, 0) is 31.0 Å². The van der Waals surface area contributed by atoms with Gasteiger partial charge in [0.15, 0.2) is 0 Å². The molecule has 5 heteroatoms. The summed E-state index contributed by atoms with van der Waals surface area (Å²) in [6.07, 6.45) is 0.889. The van der Waals surface area contributed by atoms with Crippen LogP contribution >= 0.6 is 11.6 Å². The number of aliphatic hydroxyl groups excluding tert-OH is 1. The minimum absolute atomic E-state index is 0.181. The van der Waals surface area contributed by atoms with Crippen molar-refractivity contribution in [3.05, 3.63) is 28.8 Å². The first-order valence-corrected chi connectivity index (χ1v) is 5.87. The van der Waals surface area contributed by atoms with E-state index in [1.165, 1.54) is 12.1 Å². The molecule has 1 aromatic rings. The number of halogens is 1. The summed E-state index contributed by atoms with van der Waals surface area (Å²) in [5, 5.41) is 21.8. The molecule has 0 aromatic heterocycles. The highest BCUT2D eigenvalue weighted by Gasteiger charge is 2.10. The molecule has 0 amide bonds. The highest BCUT2D eigenvalue weighted by molar-refractivity contribution is 6.31. The summed E-state index contributed by atoms with van der Waals surface area (Å²) < 4.78 is 0. The summed E-state index contributed by atoms with van der Waals surface area (Å²) >= 11 is 5.81. The third-order valence-corrected chi connectivity index (χ3v) is 2.71. The number of rotatable bonds is 6. The fourth-order valence-corrected chi connectivity index (χ4v) is 1.60. The van der Waals surface area contributed by atoms with Gasteiger partial charge in [-0.15, -0.1) is 0 Å². The second-order valence-electron chi connectivity index (χ2n) is 3.77. The lowest BCUT2D eigenvalue weighted by Gasteiger charge is -2.12. The highest BCUT2D eigenvalue weighted by Crippen LogP contribution is 2.21. The highest BCUT2D eigenvalue weighted by atomic mass is 35.5. The summed E-state index contributed by atoms with van der Waals surface area (Å²) in [5.41, 5.74) is 0.661. The van der Waals surface area contributed by atoms with Crippen LogP contribution in [0.4, 0.5) is 5.69 Å². The van der Waals surface area contributed by atoms with Crippen LogP contribution in [-0.4, -0.2) is 28.8 Å². The van der Waals surface area contributed by atoms with Crippen molar-refractivity contribution in [2.24, 2.45) is 0 Å². The first-order valence-electron chi connectivity index (χ1n) is 5.49. The number of hydrogen-bond acceptors (Lipinski definition) is 3. The van der Waals surface area contributed by atoms with E-state index in [9.17, 15) is 9.90 Å². The normalized spacial score (nSPS) is 12.2. The zero-order valence-corrected chi connectivity index (χ0v) is 10.4. The van der Waals surface area contributed by atoms with Crippen molar-refractivity contribution < 1.29 is 15.0 Å². The number of aromatic carboxylic acids is 1. The maximum atomic E-state index is 11.0. The fourth-order valence-electron chi connectivity index (χ4n) is 1.43. The minimum Gasteiger partial charge on any atom is -0.478 e. The Morgan fingerprint density at radius 1 is 1.53 bits per heavy atom. The Morgan fingerprint density at radius 3 is 2.82 bits per heavy atom. The van der Waals surface area contributed by atoms with Crippen LogP contribution in [0.25, 0.3) is 0 Å². The SMILES string of the molecule is CCC(O)CCNc1cc(Cl)ccc1C(=O)O. The van der Waals surface area contributed by atoms with E-state index in [1.807, 2.05) is 6.92 Å². The van der Waals surface area contributed by atoms with Gasteiger partial charge in [0.05, 0.1) is 17.4 Å². The number of carboxylic acids is 1. The molecule has 0 saturated carbocycles. The standard InChI is InChI=1S/C12H16ClNO3/c1-2-9(15)5-6-14-11-7-8(13)3-4-10(11)12(16)17/h3-4,7,9,14-15H,2,5-6H2,1H3,(H,16,17). The Labute approximate surface area is 105 Å². The summed E-state index contributed by atoms with van der Waals surface area (Å²) in [7, 11) is 0. The monoisotopic (exact) mass is 257 g/mol. The number of anilines is 1. The molecule has 0 heterocycles. The lowest BCUT2D eigenvalue weighted by atomic mass is 10.1. The van der Waals surface area contributed by atoms with Crippen LogP contribution in [0.5, 0.6) is 0 Å². The molecular weight excluding hydrogens is 242 g/mol. The molecule has 0 radical (unpaired) electrons. The largest absolute Gasteiger partial charge is 0.478 e. The molecule has 4 nitrogen and oxygen atoms in total. The molecule has 1 unspecified atom stereocenters. The van der Waals surface area contributed by atoms with E-state index in [0.29, 0.717) is 30.1 Å². The van der Waals surface area contributed by atoms with Crippen LogP contribution in [0.15, 0.2) is 18.2 Å². The second-order valence-corrected chi connectivity index (χ2v) is 4.21. The van der Waals surface area contributed by atoms with E-state index in [1.54, 1.807) is 6.07 Å². The van der Waals surface area contributed by atoms with Gasteiger partial charge in [0.25, 0.3) is 0 Å². The summed E-state index contributed by atoms with van der Waals surface area (Å²) in [5.74, 6) is -1.000. The molecule has 0 bridgehead atoms. The van der Waals surface area contributed by atoms with Crippen LogP contribution in [0, 0.1) is 0 Å². The summed E-state index contributed by atoms with van der Waals surface area (Å²) in [6, 6.07) is 4.57. The Bertz CT molecular complexity index is 395. The second kappa shape index (κ2) is 6.47. The molecule has 0 aliphatic heterocycles. The summed E-state index contributed by atoms with van der Waals surface area (Å²) in [6.45, 7) is 2.41. The molecule has 1 rings (SSSR count). The maximum absolute atomic E-state index is 11.0. The van der Waals surface area contributed by atoms with E-state index in [4.69, 9.17) is 16.7 Å². The van der Waals surface area contributed by atoms with Gasteiger partial charge in [0.2, 0.25) is 0 Å². The van der Waals surface area contributed by atoms with Crippen LogP contribution in [-0.2, 0) is 0 Å². The van der Waals surface area contributed by atoms with E-state index in [-0.39, 0.29) is 11.7 Å². The molecule has 3 N–H and O–H groups in total. The van der Waals surface area contributed by atoms with Crippen LogP contribution in [0.2, 0.25) is 5.02 Å². The number of hydrogen-bond donors (Lipinski definition) is 3. The minimum atomic E-state index is -1.000. The molecule has 0 aliphatic rings. The molecule has 0 aliphatic carbocycles. The predicted molar refractivity (Wildman–Crippen MR) is 67.8 cm³/mol. The van der Waals surface area contributed by atoms with Gasteiger partial charge in [0, 0.05) is 11.6 Å². The number of carbonyl (C=O) groups is 1. The molecule has 1 atom stereocenters. The number of nitrogens with one attached hydrogen (secondary N) is 1. The quantitative estimate of drug-likeness (QED) is 0.733. The van der Waals surface area contributed by atoms with Crippen molar-refractivity contribution in [2.75, 3.05) is 11.9 Å². The molecule has 0 fully saturated rings. The lowest BCUT2D eigenvalue weighted by molar-refractivity contribution is 0.0698. The molecule has 17 heavy (non-hydrogen) atoms. The first kappa shape index (κ1) is 13.8. The van der Waals surface area contributed by atoms with E-state index in [0.717, 1.165) is 0 Å². The van der Waals surface area contributed by atoms with Gasteiger partial charge >= 0.3 is 5.97 Å². The topological polar surface area (TPSA) is 69.6 Å². The van der Waals surface area contributed by atoms with Crippen molar-refractivity contribution in [2.45, 2.75) is 25.9 Å². The lowest BCUT2D eigenvalue weighted by Crippen LogP contribution is -2.14. The number of aliphatic hydroxyl groups is 1. The molecule has 1 aromatic carbocycles. The first-order chi connectivity index (χ1) is 8.04. The Morgan fingerprint density at radius 2 is 2.24 bits per heavy atom. The van der Waals surface area contributed by atoms with Crippen molar-refractivity contribution in [3.8, 4) is 0 Å². The van der Waals surface area contributed by atoms with Crippen molar-refractivity contribution in [3.63, 3.8) is 0 Å². The van der Waals surface area contributed by atoms with E-state index < -0.39 is 5.97 Å². The third-order valence-electron chi connectivity index (χ3n) is 2.48. The number of benzene rings is 1. The van der Waals surface area contributed by atoms with E-state index in [2.05, 4.69) is 5.32 Å². The van der Waals surface area contributed by atoms with Gasteiger partial charge in [-0.25, -0.2) is 4.79 Å². The predicted octanol–water partition coefficient (Wildman–Crippen LogP) is 2.61. The zero-order valence-electron chi connectivity index (χ0n) is 9.61. The summed E-state index contributed by atoms with van der Waals surface area (Å²) in [4.78, 5) is 11.0. The molecule has 0 saturated heterocycles. The van der Waals surface area contributed by atoms with Crippen molar-refractivity contribution >= 4 is 23.3 Å². The third kappa shape index (κ3) is 4.24. The van der Waals surface area contributed by atoms with Crippen molar-refractivity contribution in [1.29, 1.82) is 0 Å². The van der Waals surface area contributed by atoms with Gasteiger partial charge in [-0.3, -0.25) is 0 Å². The average Bonchev–Trinajstić information content (AvgIpc) is 2.28. The average molecular weight is 258 g/mol. The van der Waals surface area contributed by atoms with Crippen LogP contribution < -0.4 is 5.32 Å². The Hall–Kier alpha value is -1.26. The van der Waals surface area contributed by atoms with Crippen LogP contribution in [0.3, 0.4) is 0 Å². The van der Waals surface area contributed by atoms with Gasteiger partial charge in [-0.2, -0.15) is 0 Å². The van der Waals surface area contributed by atoms with E-state index >= 15 is 0 Å². The smallest absolute Gasteiger partial charge is 0.337 e. The Balaban J connectivity index is 2.68. The maximum Gasteiger partial charge on any atom is 0.337 e. The van der Waals surface area contributed by atoms with Crippen molar-refractivity contribution in [1.82, 2.24) is 0 Å². The van der Waals surface area contributed by atoms with Gasteiger partial charge in [-0.1, -0.05) is 18.5 Å².